The maximum absolute atomic E-state index is 11.6. The highest BCUT2D eigenvalue weighted by Gasteiger charge is 2.61. The Hall–Kier alpha value is -4.48. The summed E-state index contributed by atoms with van der Waals surface area (Å²) in [6.45, 7) is 2.24. The molecule has 2 atom stereocenters. The molecule has 0 aliphatic carbocycles. The summed E-state index contributed by atoms with van der Waals surface area (Å²) in [5.74, 6) is 0.312. The first kappa shape index (κ1) is 21.8. The van der Waals surface area contributed by atoms with Crippen LogP contribution < -0.4 is 4.74 Å². The lowest BCUT2D eigenvalue weighted by Crippen LogP contribution is -2.25. The lowest BCUT2D eigenvalue weighted by Gasteiger charge is -2.26. The van der Waals surface area contributed by atoms with Gasteiger partial charge in [0.15, 0.2) is 5.58 Å². The molecule has 0 unspecified atom stereocenters. The van der Waals surface area contributed by atoms with Crippen LogP contribution in [-0.4, -0.2) is 26.5 Å². The summed E-state index contributed by atoms with van der Waals surface area (Å²) < 4.78 is 19.3. The molecule has 3 aromatic carbocycles. The van der Waals surface area contributed by atoms with E-state index in [-0.39, 0.29) is 18.4 Å². The van der Waals surface area contributed by atoms with Gasteiger partial charge in [-0.15, -0.1) is 0 Å². The number of rotatable bonds is 5. The number of ether oxygens (including phenoxy) is 2. The van der Waals surface area contributed by atoms with E-state index >= 15 is 0 Å². The first-order valence-corrected chi connectivity index (χ1v) is 12.2. The van der Waals surface area contributed by atoms with Crippen molar-refractivity contribution in [2.75, 3.05) is 6.61 Å². The Morgan fingerprint density at radius 1 is 0.973 bits per heavy atom. The third kappa shape index (κ3) is 2.89. The fourth-order valence-electron chi connectivity index (χ4n) is 6.19. The van der Waals surface area contributed by atoms with E-state index in [1.807, 2.05) is 55.5 Å². The maximum Gasteiger partial charge on any atom is 0.262 e. The average molecular weight is 494 g/mol. The summed E-state index contributed by atoms with van der Waals surface area (Å²) in [4.78, 5) is 0. The molecule has 0 radical (unpaired) electrons. The van der Waals surface area contributed by atoms with E-state index < -0.39 is 11.2 Å². The first-order valence-electron chi connectivity index (χ1n) is 12.2. The molecule has 2 aromatic heterocycles. The molecule has 5 aromatic rings. The van der Waals surface area contributed by atoms with E-state index in [4.69, 9.17) is 14.0 Å². The lowest BCUT2D eigenvalue weighted by atomic mass is 9.78. The van der Waals surface area contributed by atoms with Crippen LogP contribution >= 0.6 is 0 Å². The van der Waals surface area contributed by atoms with Crippen LogP contribution in [0.15, 0.2) is 65.2 Å². The van der Waals surface area contributed by atoms with Gasteiger partial charge in [0.1, 0.15) is 5.60 Å². The second-order valence-corrected chi connectivity index (χ2v) is 9.93. The fraction of sp³-hybridized carbons (Fsp3) is 0.241. The second kappa shape index (κ2) is 7.51. The largest absolute Gasteiger partial charge is 0.494 e. The van der Waals surface area contributed by atoms with Gasteiger partial charge >= 0.3 is 0 Å². The van der Waals surface area contributed by atoms with Gasteiger partial charge in [-0.1, -0.05) is 36.4 Å². The zero-order chi connectivity index (χ0) is 25.4. The Morgan fingerprint density at radius 2 is 1.70 bits per heavy atom. The molecule has 7 rings (SSSR count). The summed E-state index contributed by atoms with van der Waals surface area (Å²) in [6, 6.07) is 20.7. The minimum Gasteiger partial charge on any atom is -0.494 e. The average Bonchev–Trinajstić information content (AvgIpc) is 3.62. The molecule has 1 saturated heterocycles. The molecule has 2 aliphatic rings. The van der Waals surface area contributed by atoms with Crippen molar-refractivity contribution in [3.63, 3.8) is 0 Å². The van der Waals surface area contributed by atoms with Gasteiger partial charge in [0.2, 0.25) is 11.8 Å². The minimum atomic E-state index is -0.807. The van der Waals surface area contributed by atoms with Gasteiger partial charge in [0.25, 0.3) is 5.88 Å². The molecule has 0 spiro atoms. The lowest BCUT2D eigenvalue weighted by molar-refractivity contribution is -0.0877. The molecule has 0 amide bonds. The smallest absolute Gasteiger partial charge is 0.262 e. The SMILES string of the molecule is C[C@]12CC[C@](CCOc3noc4ccccc34)(O1)c1c2c(O)n(-c2ccc(C#N)c3ccccc23)c1O. The van der Waals surface area contributed by atoms with Gasteiger partial charge in [-0.2, -0.15) is 5.26 Å². The van der Waals surface area contributed by atoms with E-state index in [9.17, 15) is 15.5 Å². The van der Waals surface area contributed by atoms with Crippen LogP contribution in [0.4, 0.5) is 0 Å². The van der Waals surface area contributed by atoms with Gasteiger partial charge < -0.3 is 24.2 Å². The van der Waals surface area contributed by atoms with Crippen molar-refractivity contribution >= 4 is 21.7 Å². The Bertz CT molecular complexity index is 1760. The number of nitrogens with zero attached hydrogens (tertiary/aromatic N) is 3. The predicted molar refractivity (Wildman–Crippen MR) is 135 cm³/mol. The van der Waals surface area contributed by atoms with Crippen molar-refractivity contribution in [3.8, 4) is 29.4 Å². The molecule has 184 valence electrons. The van der Waals surface area contributed by atoms with Crippen molar-refractivity contribution in [1.29, 1.82) is 5.26 Å². The molecule has 2 bridgehead atoms. The number of aromatic hydroxyl groups is 2. The van der Waals surface area contributed by atoms with E-state index in [2.05, 4.69) is 11.2 Å². The molecule has 37 heavy (non-hydrogen) atoms. The number of benzene rings is 3. The highest BCUT2D eigenvalue weighted by Crippen LogP contribution is 2.65. The second-order valence-electron chi connectivity index (χ2n) is 9.93. The van der Waals surface area contributed by atoms with Crippen molar-refractivity contribution in [2.24, 2.45) is 0 Å². The van der Waals surface area contributed by atoms with Crippen LogP contribution in [0.25, 0.3) is 27.4 Å². The summed E-state index contributed by atoms with van der Waals surface area (Å²) >= 11 is 0. The van der Waals surface area contributed by atoms with Crippen LogP contribution in [0.1, 0.15) is 42.9 Å². The van der Waals surface area contributed by atoms with Gasteiger partial charge in [-0.3, -0.25) is 4.57 Å². The fourth-order valence-corrected chi connectivity index (χ4v) is 6.19. The van der Waals surface area contributed by atoms with Crippen molar-refractivity contribution in [1.82, 2.24) is 9.72 Å². The number of fused-ring (bicyclic) bond motifs is 7. The zero-order valence-electron chi connectivity index (χ0n) is 20.1. The Kier molecular flexibility index (Phi) is 4.42. The van der Waals surface area contributed by atoms with Crippen LogP contribution in [-0.2, 0) is 15.9 Å². The Labute approximate surface area is 211 Å². The summed E-state index contributed by atoms with van der Waals surface area (Å²) in [5.41, 5.74) is 1.45. The molecule has 8 heteroatoms. The standard InChI is InChI=1S/C29H23N3O5/c1-28-12-13-29(37-28,14-15-35-25-20-8-4-5-9-22(20)36-31-25)24-23(28)26(33)32(27(24)34)21-11-10-17(16-30)18-6-2-3-7-19(18)21/h2-11,33-34H,12-15H2,1H3/t28-,29-/m1/s1. The van der Waals surface area contributed by atoms with Crippen molar-refractivity contribution in [3.05, 3.63) is 77.4 Å². The van der Waals surface area contributed by atoms with E-state index in [0.29, 0.717) is 53.1 Å². The van der Waals surface area contributed by atoms with Gasteiger partial charge in [0.05, 0.1) is 46.0 Å². The van der Waals surface area contributed by atoms with Crippen LogP contribution in [0, 0.1) is 11.3 Å². The third-order valence-electron chi connectivity index (χ3n) is 7.88. The molecule has 2 aliphatic heterocycles. The molecule has 4 heterocycles. The third-order valence-corrected chi connectivity index (χ3v) is 7.88. The topological polar surface area (TPSA) is 114 Å². The molecule has 8 nitrogen and oxygen atoms in total. The monoisotopic (exact) mass is 493 g/mol. The quantitative estimate of drug-likeness (QED) is 0.320. The molecule has 2 N–H and O–H groups in total. The zero-order valence-corrected chi connectivity index (χ0v) is 20.1. The van der Waals surface area contributed by atoms with Crippen molar-refractivity contribution < 1.29 is 24.2 Å². The molecule has 1 fully saturated rings. The molecular weight excluding hydrogens is 470 g/mol. The van der Waals surface area contributed by atoms with Gasteiger partial charge in [-0.25, -0.2) is 0 Å². The number of para-hydroxylation sites is 1. The predicted octanol–water partition coefficient (Wildman–Crippen LogP) is 5.76. The van der Waals surface area contributed by atoms with E-state index in [1.165, 1.54) is 4.57 Å². The number of aromatic nitrogens is 2. The van der Waals surface area contributed by atoms with Gasteiger partial charge in [-0.05, 0) is 49.2 Å². The molecule has 0 saturated carbocycles. The highest BCUT2D eigenvalue weighted by molar-refractivity contribution is 5.95. The van der Waals surface area contributed by atoms with E-state index in [0.717, 1.165) is 16.2 Å². The van der Waals surface area contributed by atoms with Crippen molar-refractivity contribution in [2.45, 2.75) is 37.4 Å². The normalized spacial score (nSPS) is 21.9. The van der Waals surface area contributed by atoms with Crippen LogP contribution in [0.3, 0.4) is 0 Å². The number of hydrogen-bond donors (Lipinski definition) is 2. The summed E-state index contributed by atoms with van der Waals surface area (Å²) in [7, 11) is 0. The van der Waals surface area contributed by atoms with Gasteiger partial charge in [0, 0.05) is 17.2 Å². The van der Waals surface area contributed by atoms with E-state index in [1.54, 1.807) is 12.1 Å². The Balaban J connectivity index is 1.29. The molecular formula is C29H23N3O5. The minimum absolute atomic E-state index is 0.0464. The van der Waals surface area contributed by atoms with Crippen LogP contribution in [0.5, 0.6) is 17.6 Å². The summed E-state index contributed by atoms with van der Waals surface area (Å²) in [6.07, 6.45) is 1.85. The Morgan fingerprint density at radius 3 is 2.51 bits per heavy atom. The maximum atomic E-state index is 11.6. The summed E-state index contributed by atoms with van der Waals surface area (Å²) in [5, 5.41) is 39.0. The van der Waals surface area contributed by atoms with Crippen LogP contribution in [0.2, 0.25) is 0 Å². The highest BCUT2D eigenvalue weighted by atomic mass is 16.6. The number of nitriles is 1. The number of hydrogen-bond acceptors (Lipinski definition) is 7. The first-order chi connectivity index (χ1) is 18.0.